The van der Waals surface area contributed by atoms with E-state index in [0.29, 0.717) is 23.6 Å². The van der Waals surface area contributed by atoms with Gasteiger partial charge in [0.1, 0.15) is 0 Å². The van der Waals surface area contributed by atoms with Gasteiger partial charge in [-0.3, -0.25) is 0 Å². The normalized spacial score (nSPS) is 12.6. The number of benzene rings is 4. The van der Waals surface area contributed by atoms with Gasteiger partial charge in [0.25, 0.3) is 0 Å². The van der Waals surface area contributed by atoms with Crippen LogP contribution in [0.15, 0.2) is 91.0 Å². The number of nitrogens with zero attached hydrogens (tertiary/aromatic N) is 2. The van der Waals surface area contributed by atoms with Crippen molar-refractivity contribution in [2.45, 2.75) is 12.3 Å². The molecule has 0 bridgehead atoms. The van der Waals surface area contributed by atoms with Crippen LogP contribution in [0.3, 0.4) is 0 Å². The minimum Gasteiger partial charge on any atom is -0.324 e. The molecule has 0 radical (unpaired) electrons. The van der Waals surface area contributed by atoms with Crippen LogP contribution in [0.5, 0.6) is 0 Å². The van der Waals surface area contributed by atoms with Gasteiger partial charge in [0, 0.05) is 10.9 Å². The maximum Gasteiger partial charge on any atom is 0.435 e. The summed E-state index contributed by atoms with van der Waals surface area (Å²) in [6.45, 7) is 0.627. The number of carbonyl (C=O) groups excluding carboxylic acids is 2. The van der Waals surface area contributed by atoms with Crippen LogP contribution in [0.25, 0.3) is 10.8 Å². The molecular formula is C29H28ClN3O8S2. The van der Waals surface area contributed by atoms with Crippen molar-refractivity contribution in [3.63, 3.8) is 0 Å². The van der Waals surface area contributed by atoms with E-state index in [0.717, 1.165) is 20.6 Å². The maximum atomic E-state index is 13.8. The Bertz CT molecular complexity index is 1850. The molecule has 11 nitrogen and oxygen atoms in total. The monoisotopic (exact) mass is 645 g/mol. The zero-order chi connectivity index (χ0) is 31.4. The SMILES string of the molecule is CN(C)CCC(c1ccc(Cl)cc1)c1c(N(c2ccccc2)S(=O)(=O)OC(=O)C(=O)OS(N)(=O)=O)ccc2ccccc12. The van der Waals surface area contributed by atoms with Gasteiger partial charge in [-0.25, -0.2) is 13.9 Å². The van der Waals surface area contributed by atoms with Gasteiger partial charge >= 0.3 is 32.5 Å². The molecule has 1 atom stereocenters. The van der Waals surface area contributed by atoms with Crippen LogP contribution in [-0.4, -0.2) is 54.3 Å². The smallest absolute Gasteiger partial charge is 0.324 e. The molecule has 4 aromatic rings. The molecule has 4 aromatic carbocycles. The van der Waals surface area contributed by atoms with E-state index in [-0.39, 0.29) is 17.3 Å². The molecule has 0 aliphatic carbocycles. The first-order valence-electron chi connectivity index (χ1n) is 12.8. The first-order chi connectivity index (χ1) is 20.3. The summed E-state index contributed by atoms with van der Waals surface area (Å²) in [5, 5.41) is 6.73. The van der Waals surface area contributed by atoms with E-state index in [1.54, 1.807) is 42.5 Å². The number of para-hydroxylation sites is 1. The molecule has 2 N–H and O–H groups in total. The second-order valence-electron chi connectivity index (χ2n) is 9.71. The topological polar surface area (TPSA) is 153 Å². The van der Waals surface area contributed by atoms with Crippen LogP contribution in [0.1, 0.15) is 23.5 Å². The summed E-state index contributed by atoms with van der Waals surface area (Å²) < 4.78 is 59.2. The standard InChI is InChI=1S/C29H28ClN3O8S2/c1-32(2)19-18-25(21-12-15-22(30)16-13-21)27-24-11-7-6-8-20(24)14-17-26(27)33(23-9-4-3-5-10-23)43(38,39)41-29(35)28(34)40-42(31,36)37/h3-17,25H,18-19H2,1-2H3,(H2,31,36,37). The second kappa shape index (κ2) is 13.1. The fourth-order valence-electron chi connectivity index (χ4n) is 4.65. The molecule has 0 saturated carbocycles. The molecule has 0 saturated heterocycles. The number of rotatable bonds is 10. The van der Waals surface area contributed by atoms with Crippen molar-refractivity contribution < 1.29 is 34.8 Å². The largest absolute Gasteiger partial charge is 0.435 e. The summed E-state index contributed by atoms with van der Waals surface area (Å²) in [6.07, 6.45) is 0.554. The fourth-order valence-corrected chi connectivity index (χ4v) is 6.16. The molecule has 0 fully saturated rings. The molecule has 226 valence electrons. The van der Waals surface area contributed by atoms with Crippen LogP contribution in [0.4, 0.5) is 11.4 Å². The van der Waals surface area contributed by atoms with Gasteiger partial charge in [0.2, 0.25) is 0 Å². The summed E-state index contributed by atoms with van der Waals surface area (Å²) in [6, 6.07) is 25.7. The number of nitrogens with two attached hydrogens (primary N) is 1. The van der Waals surface area contributed by atoms with E-state index in [2.05, 4.69) is 13.5 Å². The lowest BCUT2D eigenvalue weighted by atomic mass is 9.84. The molecule has 1 unspecified atom stereocenters. The van der Waals surface area contributed by atoms with Gasteiger partial charge < -0.3 is 13.3 Å². The number of fused-ring (bicyclic) bond motifs is 1. The summed E-state index contributed by atoms with van der Waals surface area (Å²) >= 11 is 6.19. The highest BCUT2D eigenvalue weighted by molar-refractivity contribution is 7.89. The van der Waals surface area contributed by atoms with Crippen LogP contribution >= 0.6 is 11.6 Å². The Morgan fingerprint density at radius 2 is 1.42 bits per heavy atom. The Kier molecular flexibility index (Phi) is 9.72. The zero-order valence-electron chi connectivity index (χ0n) is 23.1. The summed E-state index contributed by atoms with van der Waals surface area (Å²) in [5.74, 6) is -4.60. The summed E-state index contributed by atoms with van der Waals surface area (Å²) in [5.41, 5.74) is 1.66. The maximum absolute atomic E-state index is 13.8. The lowest BCUT2D eigenvalue weighted by Crippen LogP contribution is -2.35. The van der Waals surface area contributed by atoms with E-state index in [1.165, 1.54) is 12.1 Å². The lowest BCUT2D eigenvalue weighted by molar-refractivity contribution is -0.155. The Morgan fingerprint density at radius 3 is 2.05 bits per heavy atom. The number of carbonyl (C=O) groups is 2. The molecule has 4 rings (SSSR count). The van der Waals surface area contributed by atoms with Crippen molar-refractivity contribution in [1.82, 2.24) is 4.90 Å². The molecule has 0 amide bonds. The molecule has 43 heavy (non-hydrogen) atoms. The van der Waals surface area contributed by atoms with Gasteiger partial charge in [0.05, 0.1) is 11.4 Å². The average Bonchev–Trinajstić information content (AvgIpc) is 2.94. The second-order valence-corrected chi connectivity index (χ2v) is 12.7. The Labute approximate surface area is 254 Å². The van der Waals surface area contributed by atoms with E-state index in [9.17, 15) is 26.4 Å². The third-order valence-corrected chi connectivity index (χ3v) is 8.26. The fraction of sp³-hybridized carbons (Fsp3) is 0.172. The van der Waals surface area contributed by atoms with E-state index >= 15 is 0 Å². The van der Waals surface area contributed by atoms with Crippen LogP contribution in [-0.2, 0) is 38.6 Å². The first-order valence-corrected chi connectivity index (χ1v) is 16.0. The predicted molar refractivity (Wildman–Crippen MR) is 163 cm³/mol. The van der Waals surface area contributed by atoms with Gasteiger partial charge in [-0.1, -0.05) is 72.3 Å². The number of hydrogen-bond donors (Lipinski definition) is 1. The quantitative estimate of drug-likeness (QED) is 0.249. The van der Waals surface area contributed by atoms with E-state index < -0.39 is 32.5 Å². The Hall–Kier alpha value is -4.01. The zero-order valence-corrected chi connectivity index (χ0v) is 25.5. The van der Waals surface area contributed by atoms with Crippen LogP contribution in [0.2, 0.25) is 5.02 Å². The van der Waals surface area contributed by atoms with Crippen molar-refractivity contribution in [1.29, 1.82) is 0 Å². The lowest BCUT2D eigenvalue weighted by Gasteiger charge is -2.30. The van der Waals surface area contributed by atoms with Gasteiger partial charge in [-0.2, -0.15) is 22.0 Å². The highest BCUT2D eigenvalue weighted by Crippen LogP contribution is 2.43. The van der Waals surface area contributed by atoms with Crippen LogP contribution in [0, 0.1) is 0 Å². The molecule has 14 heteroatoms. The van der Waals surface area contributed by atoms with Crippen molar-refractivity contribution in [2.75, 3.05) is 24.9 Å². The molecule has 0 aliphatic rings. The first kappa shape index (κ1) is 31.9. The molecule has 0 aromatic heterocycles. The van der Waals surface area contributed by atoms with E-state index in [1.807, 2.05) is 55.4 Å². The molecule has 0 heterocycles. The molecular weight excluding hydrogens is 618 g/mol. The summed E-state index contributed by atoms with van der Waals surface area (Å²) in [4.78, 5) is 26.4. The van der Waals surface area contributed by atoms with Crippen molar-refractivity contribution in [3.05, 3.63) is 107 Å². The summed E-state index contributed by atoms with van der Waals surface area (Å²) in [7, 11) is -6.23. The Balaban J connectivity index is 1.98. The highest BCUT2D eigenvalue weighted by atomic mass is 35.5. The molecule has 0 aliphatic heterocycles. The third-order valence-electron chi connectivity index (χ3n) is 6.41. The predicted octanol–water partition coefficient (Wildman–Crippen LogP) is 4.25. The molecule has 0 spiro atoms. The highest BCUT2D eigenvalue weighted by Gasteiger charge is 2.36. The number of hydrogen-bond acceptors (Lipinski definition) is 9. The minimum atomic E-state index is -5.16. The average molecular weight is 646 g/mol. The van der Waals surface area contributed by atoms with E-state index in [4.69, 9.17) is 11.6 Å². The van der Waals surface area contributed by atoms with Gasteiger partial charge in [-0.05, 0) is 79.3 Å². The van der Waals surface area contributed by atoms with Crippen molar-refractivity contribution in [2.24, 2.45) is 5.14 Å². The van der Waals surface area contributed by atoms with Gasteiger partial charge in [0.15, 0.2) is 0 Å². The van der Waals surface area contributed by atoms with Crippen molar-refractivity contribution in [3.8, 4) is 0 Å². The van der Waals surface area contributed by atoms with Gasteiger partial charge in [-0.15, -0.1) is 0 Å². The Morgan fingerprint density at radius 1 is 0.814 bits per heavy atom. The van der Waals surface area contributed by atoms with Crippen molar-refractivity contribution >= 4 is 66.3 Å². The van der Waals surface area contributed by atoms with Crippen LogP contribution < -0.4 is 9.44 Å². The number of halogens is 1. The number of anilines is 2. The minimum absolute atomic E-state index is 0.0779. The third kappa shape index (κ3) is 7.89.